The van der Waals surface area contributed by atoms with Gasteiger partial charge >= 0.3 is 11.9 Å². The molecule has 0 aromatic heterocycles. The lowest BCUT2D eigenvalue weighted by molar-refractivity contribution is -0.156. The molecular formula is C24H58O7. The molecule has 0 saturated heterocycles. The number of carbonyl (C=O) groups is 6. The SMILES string of the molecule is C.C.C.C.C.C.C.C.C.C=C(C(C)=O)C(C)=O.CC(=O)CC(C)=O.CC(=O)OC(C)=O. The van der Waals surface area contributed by atoms with Crippen LogP contribution in [0.3, 0.4) is 0 Å². The number of carbonyl (C=O) groups excluding carboxylic acids is 6. The smallest absolute Gasteiger partial charge is 0.310 e. The van der Waals surface area contributed by atoms with Gasteiger partial charge in [0.05, 0.1) is 12.0 Å². The predicted octanol–water partition coefficient (Wildman–Crippen LogP) is 7.10. The van der Waals surface area contributed by atoms with Crippen LogP contribution in [-0.2, 0) is 33.5 Å². The second-order valence-corrected chi connectivity index (χ2v) is 4.26. The summed E-state index contributed by atoms with van der Waals surface area (Å²) in [5.41, 5.74) is 0.0741. The summed E-state index contributed by atoms with van der Waals surface area (Å²) in [5, 5.41) is 0. The Morgan fingerprint density at radius 1 is 0.516 bits per heavy atom. The van der Waals surface area contributed by atoms with Gasteiger partial charge in [-0.2, -0.15) is 0 Å². The number of hydrogen-bond donors (Lipinski definition) is 0. The summed E-state index contributed by atoms with van der Waals surface area (Å²) in [4.78, 5) is 60.2. The van der Waals surface area contributed by atoms with Gasteiger partial charge in [0.1, 0.15) is 11.6 Å². The Balaban J connectivity index is -0.0000000153. The maximum absolute atomic E-state index is 10.3. The fourth-order valence-electron chi connectivity index (χ4n) is 0.801. The van der Waals surface area contributed by atoms with Crippen LogP contribution < -0.4 is 0 Å². The van der Waals surface area contributed by atoms with Crippen LogP contribution in [0, 0.1) is 0 Å². The fourth-order valence-corrected chi connectivity index (χ4v) is 0.801. The van der Waals surface area contributed by atoms with Crippen molar-refractivity contribution in [2.45, 2.75) is 115 Å². The molecule has 31 heavy (non-hydrogen) atoms. The first-order valence-electron chi connectivity index (χ1n) is 6.19. The number of ether oxygens (including phenoxy) is 1. The molecule has 0 unspecified atom stereocenters. The molecule has 0 radical (unpaired) electrons. The van der Waals surface area contributed by atoms with Gasteiger partial charge in [-0.25, -0.2) is 0 Å². The third-order valence-electron chi connectivity index (χ3n) is 1.64. The van der Waals surface area contributed by atoms with Crippen LogP contribution in [0.15, 0.2) is 12.2 Å². The molecule has 0 rings (SSSR count). The zero-order valence-corrected chi connectivity index (χ0v) is 13.8. The van der Waals surface area contributed by atoms with E-state index in [1.165, 1.54) is 41.5 Å². The molecule has 0 bridgehead atoms. The van der Waals surface area contributed by atoms with Crippen LogP contribution in [-0.4, -0.2) is 35.1 Å². The summed E-state index contributed by atoms with van der Waals surface area (Å²) < 4.78 is 3.97. The highest BCUT2D eigenvalue weighted by Crippen LogP contribution is 1.91. The van der Waals surface area contributed by atoms with Crippen LogP contribution in [0.4, 0.5) is 0 Å². The zero-order valence-electron chi connectivity index (χ0n) is 13.8. The Bertz CT molecular complexity index is 410. The van der Waals surface area contributed by atoms with Crippen LogP contribution in [0.2, 0.25) is 0 Å². The Kier molecular flexibility index (Phi) is 117. The fraction of sp³-hybridized carbons (Fsp3) is 0.667. The number of allylic oxidation sites excluding steroid dienone is 1. The topological polar surface area (TPSA) is 112 Å². The second-order valence-electron chi connectivity index (χ2n) is 4.26. The van der Waals surface area contributed by atoms with Crippen molar-refractivity contribution in [1.29, 1.82) is 0 Å². The van der Waals surface area contributed by atoms with Crippen LogP contribution >= 0.6 is 0 Å². The van der Waals surface area contributed by atoms with E-state index in [1.807, 2.05) is 0 Å². The molecule has 0 aromatic rings. The van der Waals surface area contributed by atoms with Gasteiger partial charge in [0.25, 0.3) is 0 Å². The Morgan fingerprint density at radius 2 is 0.710 bits per heavy atom. The van der Waals surface area contributed by atoms with Gasteiger partial charge in [-0.3, -0.25) is 28.8 Å². The number of esters is 2. The van der Waals surface area contributed by atoms with Crippen molar-refractivity contribution in [3.8, 4) is 0 Å². The Morgan fingerprint density at radius 3 is 0.710 bits per heavy atom. The summed E-state index contributed by atoms with van der Waals surface area (Å²) >= 11 is 0. The monoisotopic (exact) mass is 458 g/mol. The summed E-state index contributed by atoms with van der Waals surface area (Å²) in [5.74, 6) is -1.75. The summed E-state index contributed by atoms with van der Waals surface area (Å²) in [6.07, 6.45) is 0.0833. The summed E-state index contributed by atoms with van der Waals surface area (Å²) in [6, 6.07) is 0. The van der Waals surface area contributed by atoms with Crippen LogP contribution in [0.25, 0.3) is 0 Å². The van der Waals surface area contributed by atoms with E-state index in [9.17, 15) is 28.8 Å². The first-order chi connectivity index (χ1) is 9.81. The molecule has 0 aliphatic heterocycles. The number of rotatable bonds is 4. The molecule has 196 valence electrons. The maximum atomic E-state index is 10.3. The van der Waals surface area contributed by atoms with Crippen molar-refractivity contribution in [3.63, 3.8) is 0 Å². The molecule has 0 aliphatic carbocycles. The van der Waals surface area contributed by atoms with Gasteiger partial charge in [-0.1, -0.05) is 73.4 Å². The Labute approximate surface area is 196 Å². The van der Waals surface area contributed by atoms with Crippen LogP contribution in [0.1, 0.15) is 115 Å². The van der Waals surface area contributed by atoms with Crippen molar-refractivity contribution in [2.75, 3.05) is 0 Å². The quantitative estimate of drug-likeness (QED) is 0.191. The second kappa shape index (κ2) is 46.0. The van der Waals surface area contributed by atoms with Crippen molar-refractivity contribution in [1.82, 2.24) is 0 Å². The zero-order chi connectivity index (χ0) is 18.5. The highest BCUT2D eigenvalue weighted by Gasteiger charge is 2.03. The van der Waals surface area contributed by atoms with Crippen molar-refractivity contribution in [3.05, 3.63) is 12.2 Å². The molecule has 0 atom stereocenters. The van der Waals surface area contributed by atoms with Gasteiger partial charge in [0.15, 0.2) is 11.6 Å². The lowest BCUT2D eigenvalue weighted by atomic mass is 10.1. The molecule has 0 aliphatic rings. The van der Waals surface area contributed by atoms with E-state index >= 15 is 0 Å². The molecule has 0 N–H and O–H groups in total. The van der Waals surface area contributed by atoms with Crippen molar-refractivity contribution < 1.29 is 33.5 Å². The first kappa shape index (κ1) is 79.1. The van der Waals surface area contributed by atoms with E-state index in [1.54, 1.807) is 0 Å². The number of Topliss-reactive ketones (excluding diaryl/α,β-unsaturated/α-hetero) is 4. The molecule has 7 nitrogen and oxygen atoms in total. The average Bonchev–Trinajstić information content (AvgIpc) is 2.25. The molecule has 0 spiro atoms. The predicted molar refractivity (Wildman–Crippen MR) is 140 cm³/mol. The molecule has 7 heteroatoms. The molecule has 0 amide bonds. The highest BCUT2D eigenvalue weighted by molar-refractivity contribution is 6.17. The Hall–Kier alpha value is -2.44. The molecular weight excluding hydrogens is 400 g/mol. The highest BCUT2D eigenvalue weighted by atomic mass is 16.6. The minimum atomic E-state index is -0.562. The maximum Gasteiger partial charge on any atom is 0.310 e. The minimum absolute atomic E-state index is 0. The van der Waals surface area contributed by atoms with E-state index in [2.05, 4.69) is 11.3 Å². The molecule has 0 heterocycles. The normalized spacial score (nSPS) is 5.74. The molecule has 0 fully saturated rings. The van der Waals surface area contributed by atoms with Crippen LogP contribution in [0.5, 0.6) is 0 Å². The number of ketones is 4. The van der Waals surface area contributed by atoms with E-state index in [0.29, 0.717) is 0 Å². The van der Waals surface area contributed by atoms with Gasteiger partial charge in [0, 0.05) is 13.8 Å². The van der Waals surface area contributed by atoms with Crippen molar-refractivity contribution in [2.24, 2.45) is 0 Å². The van der Waals surface area contributed by atoms with Gasteiger partial charge in [0.2, 0.25) is 0 Å². The van der Waals surface area contributed by atoms with E-state index < -0.39 is 11.9 Å². The van der Waals surface area contributed by atoms with Gasteiger partial charge in [-0.15, -0.1) is 0 Å². The van der Waals surface area contributed by atoms with E-state index in [4.69, 9.17) is 0 Å². The lowest BCUT2D eigenvalue weighted by Gasteiger charge is -1.88. The third kappa shape index (κ3) is 97.9. The van der Waals surface area contributed by atoms with E-state index in [0.717, 1.165) is 0 Å². The van der Waals surface area contributed by atoms with E-state index in [-0.39, 0.29) is 102 Å². The summed E-state index contributed by atoms with van der Waals surface area (Å²) in [7, 11) is 0. The number of hydrogen-bond acceptors (Lipinski definition) is 7. The average molecular weight is 459 g/mol. The first-order valence-corrected chi connectivity index (χ1v) is 6.19. The van der Waals surface area contributed by atoms with Gasteiger partial charge < -0.3 is 4.74 Å². The standard InChI is InChI=1S/C6H8O2.C5H8O2.C4H6O3.9CH4/c1-4(5(2)7)6(3)8;1-4(6)3-5(2)7;1-3(5)7-4(2)6;;;;;;;;;/h1H2,2-3H3;3H2,1-2H3;1-2H3;9*1H4. The molecule has 0 aromatic carbocycles. The molecule has 0 saturated carbocycles. The van der Waals surface area contributed by atoms with Crippen molar-refractivity contribution >= 4 is 35.1 Å². The lowest BCUT2D eigenvalue weighted by Crippen LogP contribution is -2.03. The van der Waals surface area contributed by atoms with Gasteiger partial charge in [-0.05, 0) is 27.7 Å². The minimum Gasteiger partial charge on any atom is -0.394 e. The largest absolute Gasteiger partial charge is 0.394 e. The third-order valence-corrected chi connectivity index (χ3v) is 1.64. The summed E-state index contributed by atoms with van der Waals surface area (Å²) in [6.45, 7) is 11.1.